The first kappa shape index (κ1) is 20.6. The number of aromatic hydroxyl groups is 1. The smallest absolute Gasteiger partial charge is 0.294 e. The maximum absolute atomic E-state index is 13.8. The number of nitrogens with one attached hydrogen (secondary N) is 2. The molecule has 8 nitrogen and oxygen atoms in total. The lowest BCUT2D eigenvalue weighted by atomic mass is 9.91. The molecule has 2 aromatic rings. The maximum atomic E-state index is 13.8. The van der Waals surface area contributed by atoms with Gasteiger partial charge in [0.1, 0.15) is 23.4 Å². The van der Waals surface area contributed by atoms with Gasteiger partial charge in [0.2, 0.25) is 5.75 Å². The summed E-state index contributed by atoms with van der Waals surface area (Å²) in [6, 6.07) is 5.46. The molecule has 3 rings (SSSR count). The highest BCUT2D eigenvalue weighted by atomic mass is 19.1. The number of aromatic amines is 1. The van der Waals surface area contributed by atoms with Crippen molar-refractivity contribution in [1.82, 2.24) is 20.2 Å². The van der Waals surface area contributed by atoms with E-state index in [2.05, 4.69) is 15.3 Å². The van der Waals surface area contributed by atoms with Gasteiger partial charge < -0.3 is 15.0 Å². The molecule has 0 saturated carbocycles. The Hall–Kier alpha value is -3.14. The van der Waals surface area contributed by atoms with Crippen molar-refractivity contribution in [2.75, 3.05) is 13.6 Å². The highest BCUT2D eigenvalue weighted by Crippen LogP contribution is 2.31. The largest absolute Gasteiger partial charge is 0.501 e. The van der Waals surface area contributed by atoms with Crippen molar-refractivity contribution >= 4 is 11.7 Å². The number of Topliss-reactive ketones (excluding diaryl/α,β-unsaturated/α-hetero) is 1. The summed E-state index contributed by atoms with van der Waals surface area (Å²) in [5, 5.41) is 12.8. The van der Waals surface area contributed by atoms with Crippen LogP contribution in [0.3, 0.4) is 0 Å². The zero-order valence-electron chi connectivity index (χ0n) is 15.8. The molecule has 2 atom stereocenters. The Morgan fingerprint density at radius 1 is 1.34 bits per heavy atom. The highest BCUT2D eigenvalue weighted by Gasteiger charge is 2.47. The van der Waals surface area contributed by atoms with Gasteiger partial charge in [0, 0.05) is 26.6 Å². The van der Waals surface area contributed by atoms with Gasteiger partial charge in [-0.05, 0) is 24.6 Å². The van der Waals surface area contributed by atoms with Crippen molar-refractivity contribution in [1.29, 1.82) is 0 Å². The molecule has 1 aliphatic heterocycles. The summed E-state index contributed by atoms with van der Waals surface area (Å²) in [6.07, 6.45) is -1.59. The second-order valence-corrected chi connectivity index (χ2v) is 7.04. The van der Waals surface area contributed by atoms with Crippen LogP contribution in [0.15, 0.2) is 29.1 Å². The van der Waals surface area contributed by atoms with Crippen LogP contribution >= 0.6 is 0 Å². The molecule has 1 saturated heterocycles. The zero-order chi connectivity index (χ0) is 21.3. The number of benzene rings is 1. The SMILES string of the molecule is CC(=O)[C@@]1(c2nc(C(=O)N(C)Cc3ccc(F)cc3)c(O)c(=O)[nH]2)C[C@H](F)CN1. The van der Waals surface area contributed by atoms with Crippen LogP contribution in [-0.4, -0.2) is 51.4 Å². The number of ketones is 1. The van der Waals surface area contributed by atoms with Gasteiger partial charge in [0.25, 0.3) is 11.5 Å². The quantitative estimate of drug-likeness (QED) is 0.683. The Balaban J connectivity index is 1.96. The van der Waals surface area contributed by atoms with E-state index in [0.717, 1.165) is 0 Å². The van der Waals surface area contributed by atoms with E-state index in [4.69, 9.17) is 0 Å². The lowest BCUT2D eigenvalue weighted by Gasteiger charge is -2.26. The van der Waals surface area contributed by atoms with E-state index < -0.39 is 46.2 Å². The molecule has 0 spiro atoms. The third-order valence-corrected chi connectivity index (χ3v) is 4.94. The number of carbonyl (C=O) groups is 2. The number of hydrogen-bond donors (Lipinski definition) is 3. The molecule has 1 aromatic heterocycles. The molecule has 10 heteroatoms. The molecule has 1 aromatic carbocycles. The van der Waals surface area contributed by atoms with E-state index >= 15 is 0 Å². The molecular formula is C19H20F2N4O4. The van der Waals surface area contributed by atoms with Crippen LogP contribution in [0.4, 0.5) is 8.78 Å². The topological polar surface area (TPSA) is 115 Å². The van der Waals surface area contributed by atoms with Crippen molar-refractivity contribution in [3.05, 3.63) is 57.5 Å². The highest BCUT2D eigenvalue weighted by molar-refractivity contribution is 5.95. The van der Waals surface area contributed by atoms with Gasteiger partial charge in [0.05, 0.1) is 0 Å². The van der Waals surface area contributed by atoms with E-state index in [0.29, 0.717) is 5.56 Å². The number of hydrogen-bond acceptors (Lipinski definition) is 6. The monoisotopic (exact) mass is 406 g/mol. The van der Waals surface area contributed by atoms with Crippen molar-refractivity contribution in [2.45, 2.75) is 31.6 Å². The number of H-pyrrole nitrogens is 1. The number of nitrogens with zero attached hydrogens (tertiary/aromatic N) is 2. The van der Waals surface area contributed by atoms with Crippen LogP contribution in [0.25, 0.3) is 0 Å². The number of rotatable bonds is 5. The average Bonchev–Trinajstić information content (AvgIpc) is 3.08. The average molecular weight is 406 g/mol. The van der Waals surface area contributed by atoms with Gasteiger partial charge >= 0.3 is 0 Å². The van der Waals surface area contributed by atoms with Crippen molar-refractivity contribution in [2.24, 2.45) is 0 Å². The molecule has 2 heterocycles. The van der Waals surface area contributed by atoms with Crippen LogP contribution in [-0.2, 0) is 16.9 Å². The first-order valence-corrected chi connectivity index (χ1v) is 8.88. The summed E-state index contributed by atoms with van der Waals surface area (Å²) in [6.45, 7) is 1.17. The number of aromatic nitrogens is 2. The molecular weight excluding hydrogens is 386 g/mol. The molecule has 0 unspecified atom stereocenters. The molecule has 29 heavy (non-hydrogen) atoms. The van der Waals surface area contributed by atoms with E-state index in [1.54, 1.807) is 0 Å². The molecule has 1 fully saturated rings. The molecule has 154 valence electrons. The Morgan fingerprint density at radius 2 is 2.00 bits per heavy atom. The predicted octanol–water partition coefficient (Wildman–Crippen LogP) is 1.00. The summed E-state index contributed by atoms with van der Waals surface area (Å²) in [7, 11) is 1.42. The molecule has 0 aliphatic carbocycles. The van der Waals surface area contributed by atoms with Gasteiger partial charge in [0.15, 0.2) is 11.5 Å². The lowest BCUT2D eigenvalue weighted by molar-refractivity contribution is -0.123. The Morgan fingerprint density at radius 3 is 2.55 bits per heavy atom. The standard InChI is InChI=1S/C19H20F2N4O4/c1-10(26)19(7-13(21)8-22-19)18-23-14(15(27)16(28)24-18)17(29)25(2)9-11-3-5-12(20)6-4-11/h3-6,13,22,27H,7-9H2,1-2H3,(H,23,24,28)/t13-,19+/m0/s1. The van der Waals surface area contributed by atoms with Crippen LogP contribution in [0, 0.1) is 5.82 Å². The minimum absolute atomic E-state index is 0.0605. The molecule has 0 radical (unpaired) electrons. The van der Waals surface area contributed by atoms with Crippen molar-refractivity contribution in [3.63, 3.8) is 0 Å². The fraction of sp³-hybridized carbons (Fsp3) is 0.368. The van der Waals surface area contributed by atoms with Gasteiger partial charge in [-0.1, -0.05) is 12.1 Å². The predicted molar refractivity (Wildman–Crippen MR) is 98.6 cm³/mol. The second kappa shape index (κ2) is 7.70. The molecule has 0 bridgehead atoms. The summed E-state index contributed by atoms with van der Waals surface area (Å²) >= 11 is 0. The van der Waals surface area contributed by atoms with Gasteiger partial charge in [-0.25, -0.2) is 13.8 Å². The summed E-state index contributed by atoms with van der Waals surface area (Å²) < 4.78 is 26.9. The van der Waals surface area contributed by atoms with E-state index in [-0.39, 0.29) is 25.3 Å². The van der Waals surface area contributed by atoms with Crippen LogP contribution in [0.5, 0.6) is 5.75 Å². The van der Waals surface area contributed by atoms with Crippen LogP contribution in [0.1, 0.15) is 35.2 Å². The van der Waals surface area contributed by atoms with Gasteiger partial charge in [-0.3, -0.25) is 19.7 Å². The number of amides is 1. The minimum Gasteiger partial charge on any atom is -0.501 e. The van der Waals surface area contributed by atoms with Gasteiger partial charge in [-0.2, -0.15) is 0 Å². The fourth-order valence-corrected chi connectivity index (χ4v) is 3.31. The van der Waals surface area contributed by atoms with Crippen molar-refractivity contribution in [3.8, 4) is 5.75 Å². The number of carbonyl (C=O) groups excluding carboxylic acids is 2. The summed E-state index contributed by atoms with van der Waals surface area (Å²) in [5.41, 5.74) is -2.54. The summed E-state index contributed by atoms with van der Waals surface area (Å²) in [5.74, 6) is -2.83. The fourth-order valence-electron chi connectivity index (χ4n) is 3.31. The molecule has 1 aliphatic rings. The van der Waals surface area contributed by atoms with Gasteiger partial charge in [-0.15, -0.1) is 0 Å². The molecule has 1 amide bonds. The third kappa shape index (κ3) is 3.88. The Kier molecular flexibility index (Phi) is 5.47. The normalized spacial score (nSPS) is 21.2. The zero-order valence-corrected chi connectivity index (χ0v) is 15.8. The Bertz CT molecular complexity index is 1010. The summed E-state index contributed by atoms with van der Waals surface area (Å²) in [4.78, 5) is 44.7. The van der Waals surface area contributed by atoms with E-state index in [9.17, 15) is 28.3 Å². The van der Waals surface area contributed by atoms with Crippen molar-refractivity contribution < 1.29 is 23.5 Å². The van der Waals surface area contributed by atoms with E-state index in [1.165, 1.54) is 43.1 Å². The first-order chi connectivity index (χ1) is 13.6. The number of alkyl halides is 1. The number of halogens is 2. The second-order valence-electron chi connectivity index (χ2n) is 7.04. The maximum Gasteiger partial charge on any atom is 0.294 e. The van der Waals surface area contributed by atoms with E-state index in [1.807, 2.05) is 0 Å². The molecule has 3 N–H and O–H groups in total. The van der Waals surface area contributed by atoms with Crippen LogP contribution < -0.4 is 10.9 Å². The lowest BCUT2D eigenvalue weighted by Crippen LogP contribution is -2.46. The third-order valence-electron chi connectivity index (χ3n) is 4.94. The minimum atomic E-state index is -1.59. The first-order valence-electron chi connectivity index (χ1n) is 8.88. The Labute approximate surface area is 164 Å². The van der Waals surface area contributed by atoms with Crippen LogP contribution in [0.2, 0.25) is 0 Å².